The molecule has 2 aliphatic carbocycles. The van der Waals surface area contributed by atoms with Crippen LogP contribution in [0.1, 0.15) is 33.1 Å². The van der Waals surface area contributed by atoms with Crippen molar-refractivity contribution in [3.05, 3.63) is 0 Å². The molecule has 2 nitrogen and oxygen atoms in total. The van der Waals surface area contributed by atoms with Crippen molar-refractivity contribution in [1.29, 1.82) is 0 Å². The van der Waals surface area contributed by atoms with Crippen molar-refractivity contribution in [3.63, 3.8) is 0 Å². The van der Waals surface area contributed by atoms with E-state index in [0.29, 0.717) is 17.6 Å². The predicted molar refractivity (Wildman–Crippen MR) is 53.7 cm³/mol. The average molecular weight is 183 g/mol. The molecule has 0 radical (unpaired) electrons. The zero-order chi connectivity index (χ0) is 9.47. The molecule has 1 N–H and O–H groups in total. The van der Waals surface area contributed by atoms with E-state index >= 15 is 0 Å². The molecule has 0 aliphatic heterocycles. The first-order chi connectivity index (χ1) is 6.16. The molecular formula is C11H21NO. The Morgan fingerprint density at radius 3 is 2.62 bits per heavy atom. The van der Waals surface area contributed by atoms with Gasteiger partial charge in [-0.05, 0) is 37.1 Å². The van der Waals surface area contributed by atoms with Crippen molar-refractivity contribution in [2.75, 3.05) is 13.7 Å². The number of methoxy groups -OCH3 is 1. The number of rotatable bonds is 4. The van der Waals surface area contributed by atoms with Crippen LogP contribution in [0.15, 0.2) is 0 Å². The maximum Gasteiger partial charge on any atom is 0.0582 e. The van der Waals surface area contributed by atoms with Gasteiger partial charge in [0.15, 0.2) is 0 Å². The molecule has 0 aromatic rings. The smallest absolute Gasteiger partial charge is 0.0582 e. The highest BCUT2D eigenvalue weighted by atomic mass is 16.5. The Kier molecular flexibility index (Phi) is 2.37. The SMILES string of the molecule is COC1CC2(C1)CC2CNC(C)C. The first-order valence-electron chi connectivity index (χ1n) is 5.42. The molecule has 0 saturated heterocycles. The van der Waals surface area contributed by atoms with E-state index in [1.54, 1.807) is 0 Å². The molecule has 2 fully saturated rings. The van der Waals surface area contributed by atoms with Gasteiger partial charge in [0.2, 0.25) is 0 Å². The summed E-state index contributed by atoms with van der Waals surface area (Å²) in [4.78, 5) is 0. The number of hydrogen-bond acceptors (Lipinski definition) is 2. The zero-order valence-corrected chi connectivity index (χ0v) is 8.97. The Morgan fingerprint density at radius 2 is 2.08 bits per heavy atom. The Hall–Kier alpha value is -0.0800. The van der Waals surface area contributed by atoms with E-state index in [1.165, 1.54) is 25.8 Å². The van der Waals surface area contributed by atoms with Crippen LogP contribution in [0.3, 0.4) is 0 Å². The summed E-state index contributed by atoms with van der Waals surface area (Å²) >= 11 is 0. The Balaban J connectivity index is 1.66. The lowest BCUT2D eigenvalue weighted by molar-refractivity contribution is -0.0171. The minimum atomic E-state index is 0.573. The van der Waals surface area contributed by atoms with Crippen LogP contribution >= 0.6 is 0 Å². The summed E-state index contributed by atoms with van der Waals surface area (Å²) < 4.78 is 5.32. The monoisotopic (exact) mass is 183 g/mol. The quantitative estimate of drug-likeness (QED) is 0.717. The lowest BCUT2D eigenvalue weighted by Gasteiger charge is -2.36. The second-order valence-corrected chi connectivity index (χ2v) is 5.09. The van der Waals surface area contributed by atoms with Crippen molar-refractivity contribution in [1.82, 2.24) is 5.32 Å². The fraction of sp³-hybridized carbons (Fsp3) is 1.00. The van der Waals surface area contributed by atoms with Gasteiger partial charge < -0.3 is 10.1 Å². The molecule has 0 heterocycles. The molecule has 0 aromatic heterocycles. The molecule has 0 bridgehead atoms. The van der Waals surface area contributed by atoms with E-state index in [2.05, 4.69) is 19.2 Å². The van der Waals surface area contributed by atoms with E-state index in [4.69, 9.17) is 4.74 Å². The topological polar surface area (TPSA) is 21.3 Å². The fourth-order valence-corrected chi connectivity index (χ4v) is 2.61. The van der Waals surface area contributed by atoms with Crippen LogP contribution in [0.5, 0.6) is 0 Å². The third kappa shape index (κ3) is 1.75. The van der Waals surface area contributed by atoms with E-state index in [9.17, 15) is 0 Å². The van der Waals surface area contributed by atoms with Gasteiger partial charge in [-0.3, -0.25) is 0 Å². The summed E-state index contributed by atoms with van der Waals surface area (Å²) in [7, 11) is 1.83. The van der Waals surface area contributed by atoms with Crippen molar-refractivity contribution in [3.8, 4) is 0 Å². The first kappa shape index (κ1) is 9.47. The molecule has 13 heavy (non-hydrogen) atoms. The molecular weight excluding hydrogens is 162 g/mol. The second-order valence-electron chi connectivity index (χ2n) is 5.09. The van der Waals surface area contributed by atoms with Crippen molar-refractivity contribution in [2.24, 2.45) is 11.3 Å². The fourth-order valence-electron chi connectivity index (χ4n) is 2.61. The highest BCUT2D eigenvalue weighted by Crippen LogP contribution is 2.65. The maximum absolute atomic E-state index is 5.32. The molecule has 1 spiro atoms. The standard InChI is InChI=1S/C11H21NO/c1-8(2)12-7-9-4-11(9)5-10(6-11)13-3/h8-10,12H,4-7H2,1-3H3. The lowest BCUT2D eigenvalue weighted by Crippen LogP contribution is -2.35. The maximum atomic E-state index is 5.32. The van der Waals surface area contributed by atoms with E-state index in [0.717, 1.165) is 5.92 Å². The van der Waals surface area contributed by atoms with Crippen LogP contribution < -0.4 is 5.32 Å². The summed E-state index contributed by atoms with van der Waals surface area (Å²) in [5, 5.41) is 3.52. The van der Waals surface area contributed by atoms with Gasteiger partial charge in [-0.25, -0.2) is 0 Å². The van der Waals surface area contributed by atoms with Gasteiger partial charge in [-0.1, -0.05) is 13.8 Å². The van der Waals surface area contributed by atoms with Crippen LogP contribution in [-0.2, 0) is 4.74 Å². The van der Waals surface area contributed by atoms with Crippen molar-refractivity contribution >= 4 is 0 Å². The molecule has 0 aromatic carbocycles. The van der Waals surface area contributed by atoms with E-state index < -0.39 is 0 Å². The number of ether oxygens (including phenoxy) is 1. The van der Waals surface area contributed by atoms with Gasteiger partial charge in [0.05, 0.1) is 6.10 Å². The van der Waals surface area contributed by atoms with Gasteiger partial charge in [0.1, 0.15) is 0 Å². The van der Waals surface area contributed by atoms with Crippen molar-refractivity contribution < 1.29 is 4.74 Å². The molecule has 2 saturated carbocycles. The second kappa shape index (κ2) is 3.25. The van der Waals surface area contributed by atoms with Gasteiger partial charge in [-0.2, -0.15) is 0 Å². The third-order valence-electron chi connectivity index (χ3n) is 3.73. The van der Waals surface area contributed by atoms with Crippen LogP contribution in [0, 0.1) is 11.3 Å². The summed E-state index contributed by atoms with van der Waals surface area (Å²) in [5.74, 6) is 0.946. The van der Waals surface area contributed by atoms with Crippen LogP contribution in [0.2, 0.25) is 0 Å². The number of nitrogens with one attached hydrogen (secondary N) is 1. The number of hydrogen-bond donors (Lipinski definition) is 1. The highest BCUT2D eigenvalue weighted by Gasteiger charge is 2.61. The Bertz CT molecular complexity index is 185. The molecule has 76 valence electrons. The normalized spacial score (nSPS) is 42.5. The minimum Gasteiger partial charge on any atom is -0.381 e. The van der Waals surface area contributed by atoms with Gasteiger partial charge >= 0.3 is 0 Å². The predicted octanol–water partition coefficient (Wildman–Crippen LogP) is 1.80. The van der Waals surface area contributed by atoms with Gasteiger partial charge in [-0.15, -0.1) is 0 Å². The molecule has 2 rings (SSSR count). The highest BCUT2D eigenvalue weighted by molar-refractivity contribution is 5.11. The average Bonchev–Trinajstić information content (AvgIpc) is 2.72. The largest absolute Gasteiger partial charge is 0.381 e. The van der Waals surface area contributed by atoms with Crippen LogP contribution in [-0.4, -0.2) is 25.8 Å². The van der Waals surface area contributed by atoms with Crippen LogP contribution in [0.25, 0.3) is 0 Å². The van der Waals surface area contributed by atoms with Gasteiger partial charge in [0.25, 0.3) is 0 Å². The van der Waals surface area contributed by atoms with Crippen LogP contribution in [0.4, 0.5) is 0 Å². The van der Waals surface area contributed by atoms with Crippen molar-refractivity contribution in [2.45, 2.75) is 45.3 Å². The third-order valence-corrected chi connectivity index (χ3v) is 3.73. The Morgan fingerprint density at radius 1 is 1.38 bits per heavy atom. The first-order valence-corrected chi connectivity index (χ1v) is 5.42. The van der Waals surface area contributed by atoms with E-state index in [1.807, 2.05) is 7.11 Å². The molecule has 1 atom stereocenters. The Labute approximate surface area is 81.0 Å². The zero-order valence-electron chi connectivity index (χ0n) is 8.97. The van der Waals surface area contributed by atoms with E-state index in [-0.39, 0.29) is 0 Å². The summed E-state index contributed by atoms with van der Waals surface area (Å²) in [5.41, 5.74) is 0.711. The summed E-state index contributed by atoms with van der Waals surface area (Å²) in [6.07, 6.45) is 4.64. The molecule has 1 unspecified atom stereocenters. The van der Waals surface area contributed by atoms with Gasteiger partial charge in [0, 0.05) is 13.2 Å². The molecule has 2 heteroatoms. The summed E-state index contributed by atoms with van der Waals surface area (Å²) in [6.45, 7) is 5.65. The lowest BCUT2D eigenvalue weighted by atomic mass is 9.77. The minimum absolute atomic E-state index is 0.573. The molecule has 0 amide bonds. The summed E-state index contributed by atoms with van der Waals surface area (Å²) in [6, 6.07) is 0.635. The molecule has 2 aliphatic rings.